The number of primary sulfonamides is 1. The molecule has 0 aromatic heterocycles. The van der Waals surface area contributed by atoms with Gasteiger partial charge in [0.05, 0.1) is 9.95 Å². The molecule has 0 aliphatic carbocycles. The Bertz CT molecular complexity index is 532. The first-order valence-corrected chi connectivity index (χ1v) is 5.36. The van der Waals surface area contributed by atoms with Gasteiger partial charge in [-0.3, -0.25) is 10.1 Å². The maximum Gasteiger partial charge on any atom is 0.312 e. The number of nitrogens with zero attached hydrogens (tertiary/aromatic N) is 1. The molecule has 0 unspecified atom stereocenters. The molecule has 16 heavy (non-hydrogen) atoms. The summed E-state index contributed by atoms with van der Waals surface area (Å²) in [7, 11) is -4.31. The SMILES string of the molecule is NS(=O)(=O)c1c(Cl)ccc([N+](=O)[O-])c1O.[Ac]. The fraction of sp³-hybridized carbons (Fsp3) is 0. The summed E-state index contributed by atoms with van der Waals surface area (Å²) < 4.78 is 21.9. The van der Waals surface area contributed by atoms with Crippen LogP contribution < -0.4 is 5.14 Å². The Morgan fingerprint density at radius 3 is 2.31 bits per heavy atom. The molecule has 0 saturated heterocycles. The van der Waals surface area contributed by atoms with Crippen molar-refractivity contribution in [2.45, 2.75) is 4.90 Å². The van der Waals surface area contributed by atoms with E-state index in [-0.39, 0.29) is 49.1 Å². The molecule has 10 heteroatoms. The third-order valence-electron chi connectivity index (χ3n) is 1.54. The van der Waals surface area contributed by atoms with Crippen molar-refractivity contribution in [3.63, 3.8) is 0 Å². The van der Waals surface area contributed by atoms with Crippen LogP contribution in [-0.2, 0) is 10.0 Å². The summed E-state index contributed by atoms with van der Waals surface area (Å²) in [5.74, 6) is -1.06. The molecule has 0 bridgehead atoms. The van der Waals surface area contributed by atoms with Crippen LogP contribution in [0.5, 0.6) is 5.75 Å². The molecule has 0 aliphatic heterocycles. The van der Waals surface area contributed by atoms with Crippen molar-refractivity contribution in [3.8, 4) is 5.75 Å². The van der Waals surface area contributed by atoms with Crippen molar-refractivity contribution in [2.24, 2.45) is 5.14 Å². The molecule has 1 rings (SSSR count). The van der Waals surface area contributed by atoms with Crippen molar-refractivity contribution in [1.29, 1.82) is 0 Å². The Kier molecular flexibility index (Phi) is 5.62. The van der Waals surface area contributed by atoms with Crippen LogP contribution in [0.1, 0.15) is 0 Å². The van der Waals surface area contributed by atoms with Gasteiger partial charge in [-0.2, -0.15) is 0 Å². The van der Waals surface area contributed by atoms with Gasteiger partial charge in [0.1, 0.15) is 4.90 Å². The van der Waals surface area contributed by atoms with Crippen molar-refractivity contribution in [2.75, 3.05) is 0 Å². The van der Waals surface area contributed by atoms with Crippen LogP contribution in [-0.4, -0.2) is 18.4 Å². The summed E-state index contributed by atoms with van der Waals surface area (Å²) in [6.45, 7) is 0. The van der Waals surface area contributed by atoms with Gasteiger partial charge in [0.25, 0.3) is 0 Å². The van der Waals surface area contributed by atoms with E-state index in [1.165, 1.54) is 0 Å². The number of hydrogen-bond acceptors (Lipinski definition) is 5. The fourth-order valence-electron chi connectivity index (χ4n) is 0.954. The molecule has 0 saturated carbocycles. The first-order valence-electron chi connectivity index (χ1n) is 3.44. The zero-order chi connectivity index (χ0) is 11.8. The van der Waals surface area contributed by atoms with Crippen LogP contribution in [0.4, 0.5) is 5.69 Å². The summed E-state index contributed by atoms with van der Waals surface area (Å²) in [4.78, 5) is 8.59. The Hall–Kier alpha value is 0.0616. The van der Waals surface area contributed by atoms with Gasteiger partial charge in [-0.15, -0.1) is 0 Å². The van der Waals surface area contributed by atoms with E-state index in [1.807, 2.05) is 0 Å². The summed E-state index contributed by atoms with van der Waals surface area (Å²) in [5.41, 5.74) is -0.775. The summed E-state index contributed by atoms with van der Waals surface area (Å²) >= 11 is 5.45. The van der Waals surface area contributed by atoms with Gasteiger partial charge >= 0.3 is 5.69 Å². The first-order chi connectivity index (χ1) is 6.75. The maximum absolute atomic E-state index is 11.0. The largest absolute Gasteiger partial charge is 0.501 e. The molecular formula is C6H5AcClN2O5S. The zero-order valence-electron chi connectivity index (χ0n) is 7.62. The van der Waals surface area contributed by atoms with E-state index < -0.39 is 31.3 Å². The van der Waals surface area contributed by atoms with Crippen LogP contribution in [0.25, 0.3) is 0 Å². The van der Waals surface area contributed by atoms with E-state index in [4.69, 9.17) is 16.7 Å². The molecule has 0 spiro atoms. The average molecular weight is 480 g/mol. The van der Waals surface area contributed by atoms with Crippen LogP contribution >= 0.6 is 11.6 Å². The maximum atomic E-state index is 11.0. The van der Waals surface area contributed by atoms with Crippen molar-refractivity contribution < 1.29 is 62.5 Å². The standard InChI is InChI=1S/C6H5ClN2O5S.Ac/c7-3-1-2-4(9(11)12)5(10)6(3)15(8,13)14;/h1-2,10H,(H2,8,13,14);. The molecule has 0 fully saturated rings. The first kappa shape index (κ1) is 16.1. The molecule has 0 heterocycles. The zero-order valence-corrected chi connectivity index (χ0v) is 13.9. The summed E-state index contributed by atoms with van der Waals surface area (Å²) in [6, 6.07) is 1.85. The van der Waals surface area contributed by atoms with E-state index in [9.17, 15) is 23.6 Å². The van der Waals surface area contributed by atoms with Crippen molar-refractivity contribution in [3.05, 3.63) is 27.3 Å². The van der Waals surface area contributed by atoms with Crippen LogP contribution in [0.2, 0.25) is 5.02 Å². The number of sulfonamides is 1. The van der Waals surface area contributed by atoms with Gasteiger partial charge in [0.2, 0.25) is 15.8 Å². The second-order valence-corrected chi connectivity index (χ2v) is 4.45. The minimum absolute atomic E-state index is 0. The van der Waals surface area contributed by atoms with E-state index in [0.29, 0.717) is 0 Å². The molecule has 1 aromatic carbocycles. The Morgan fingerprint density at radius 2 is 1.94 bits per heavy atom. The van der Waals surface area contributed by atoms with Gasteiger partial charge in [0.15, 0.2) is 0 Å². The van der Waals surface area contributed by atoms with E-state index in [1.54, 1.807) is 0 Å². The van der Waals surface area contributed by atoms with E-state index in [0.717, 1.165) is 12.1 Å². The quantitative estimate of drug-likeness (QED) is 0.475. The van der Waals surface area contributed by atoms with Gasteiger partial charge in [-0.25, -0.2) is 13.6 Å². The number of benzene rings is 1. The number of nitrogens with two attached hydrogens (primary N) is 1. The molecule has 85 valence electrons. The molecule has 0 amide bonds. The predicted molar refractivity (Wildman–Crippen MR) is 51.1 cm³/mol. The van der Waals surface area contributed by atoms with Crippen LogP contribution in [0.3, 0.4) is 0 Å². The number of phenols is 1. The number of hydrogen-bond donors (Lipinski definition) is 2. The average Bonchev–Trinajstić information content (AvgIpc) is 2.00. The Morgan fingerprint density at radius 1 is 1.44 bits per heavy atom. The Balaban J connectivity index is 0.00000225. The normalized spacial score (nSPS) is 10.6. The molecule has 1 aromatic rings. The number of rotatable bonds is 2. The van der Waals surface area contributed by atoms with Gasteiger partial charge in [-0.05, 0) is 6.07 Å². The smallest absolute Gasteiger partial charge is 0.312 e. The predicted octanol–water partition coefficient (Wildman–Crippen LogP) is 0.601. The summed E-state index contributed by atoms with van der Waals surface area (Å²) in [5, 5.41) is 24.0. The monoisotopic (exact) mass is 479 g/mol. The van der Waals surface area contributed by atoms with Crippen LogP contribution in [0, 0.1) is 54.2 Å². The molecule has 1 radical (unpaired) electrons. The fourth-order valence-corrected chi connectivity index (χ4v) is 2.14. The number of nitro groups is 1. The van der Waals surface area contributed by atoms with Gasteiger partial charge in [0, 0.05) is 50.1 Å². The van der Waals surface area contributed by atoms with Crippen molar-refractivity contribution in [1.82, 2.24) is 0 Å². The molecular weight excluding hydrogens is 475 g/mol. The van der Waals surface area contributed by atoms with E-state index >= 15 is 0 Å². The molecule has 3 N–H and O–H groups in total. The van der Waals surface area contributed by atoms with Gasteiger partial charge < -0.3 is 5.11 Å². The number of nitro benzene ring substituents is 1. The topological polar surface area (TPSA) is 124 Å². The van der Waals surface area contributed by atoms with Crippen molar-refractivity contribution >= 4 is 27.3 Å². The number of phenolic OH excluding ortho intramolecular Hbond substituents is 1. The second kappa shape index (κ2) is 5.60. The van der Waals surface area contributed by atoms with Crippen LogP contribution in [0.15, 0.2) is 17.0 Å². The third-order valence-corrected chi connectivity index (χ3v) is 2.95. The Labute approximate surface area is 131 Å². The number of halogens is 1. The third kappa shape index (κ3) is 3.28. The molecule has 7 nitrogen and oxygen atoms in total. The summed E-state index contributed by atoms with van der Waals surface area (Å²) in [6.07, 6.45) is 0. The van der Waals surface area contributed by atoms with Gasteiger partial charge in [-0.1, -0.05) is 11.6 Å². The molecule has 0 atom stereocenters. The number of aromatic hydroxyl groups is 1. The minimum Gasteiger partial charge on any atom is -0.501 e. The van der Waals surface area contributed by atoms with E-state index in [2.05, 4.69) is 0 Å². The molecule has 0 aliphatic rings. The second-order valence-electron chi connectivity index (χ2n) is 2.55. The minimum atomic E-state index is -4.31.